The van der Waals surface area contributed by atoms with Crippen LogP contribution in [0.25, 0.3) is 11.2 Å². The van der Waals surface area contributed by atoms with E-state index in [4.69, 9.17) is 10.2 Å². The summed E-state index contributed by atoms with van der Waals surface area (Å²) < 4.78 is 1.42. The van der Waals surface area contributed by atoms with Crippen molar-refractivity contribution in [2.75, 3.05) is 5.75 Å². The van der Waals surface area contributed by atoms with Crippen LogP contribution < -0.4 is 4.57 Å². The second-order valence-corrected chi connectivity index (χ2v) is 4.32. The fourth-order valence-corrected chi connectivity index (χ4v) is 2.09. The summed E-state index contributed by atoms with van der Waals surface area (Å²) in [6, 6.07) is 0. The molecule has 0 atom stereocenters. The summed E-state index contributed by atoms with van der Waals surface area (Å²) in [5.74, 6) is -2.06. The Hall–Kier alpha value is -2.16. The Morgan fingerprint density at radius 2 is 2.11 bits per heavy atom. The summed E-state index contributed by atoms with van der Waals surface area (Å²) in [5.41, 5.74) is 0.963. The molecule has 0 saturated carbocycles. The molecule has 0 fully saturated rings. The molecule has 0 unspecified atom stereocenters. The number of fused-ring (bicyclic) bond motifs is 1. The van der Waals surface area contributed by atoms with E-state index in [0.29, 0.717) is 16.2 Å². The van der Waals surface area contributed by atoms with E-state index >= 15 is 0 Å². The van der Waals surface area contributed by atoms with Gasteiger partial charge in [0.15, 0.2) is 19.2 Å². The molecule has 0 aliphatic carbocycles. The Bertz CT molecular complexity index is 612. The van der Waals surface area contributed by atoms with Gasteiger partial charge in [-0.2, -0.15) is 0 Å². The van der Waals surface area contributed by atoms with E-state index < -0.39 is 11.9 Å². The highest BCUT2D eigenvalue weighted by Gasteiger charge is 2.18. The molecule has 2 aromatic heterocycles. The molecule has 2 heterocycles. The SMILES string of the molecule is O=C(O)CSc1ncnc2c1[nH]c[n+]2CC(=O)O. The second-order valence-electron chi connectivity index (χ2n) is 3.35. The molecule has 0 amide bonds. The van der Waals surface area contributed by atoms with Gasteiger partial charge in [0.25, 0.3) is 0 Å². The highest BCUT2D eigenvalue weighted by Crippen LogP contribution is 2.20. The lowest BCUT2D eigenvalue weighted by molar-refractivity contribution is -0.661. The van der Waals surface area contributed by atoms with Crippen molar-refractivity contribution in [2.24, 2.45) is 0 Å². The number of aromatic amines is 1. The van der Waals surface area contributed by atoms with Gasteiger partial charge in [0.2, 0.25) is 5.52 Å². The number of carboxylic acid groups (broad SMARTS) is 2. The predicted octanol–water partition coefficient (Wildman–Crippen LogP) is -0.493. The summed E-state index contributed by atoms with van der Waals surface area (Å²) in [6.45, 7) is -0.222. The van der Waals surface area contributed by atoms with E-state index in [0.717, 1.165) is 11.8 Å². The number of nitrogens with zero attached hydrogens (tertiary/aromatic N) is 3. The fraction of sp³-hybridized carbons (Fsp3) is 0.222. The van der Waals surface area contributed by atoms with Gasteiger partial charge in [-0.1, -0.05) is 16.7 Å². The Kier molecular flexibility index (Phi) is 3.42. The molecule has 0 aromatic carbocycles. The van der Waals surface area contributed by atoms with E-state index in [1.165, 1.54) is 17.2 Å². The number of H-pyrrole nitrogens is 1. The van der Waals surface area contributed by atoms with Crippen LogP contribution in [-0.4, -0.2) is 42.9 Å². The summed E-state index contributed by atoms with van der Waals surface area (Å²) in [4.78, 5) is 31.9. The lowest BCUT2D eigenvalue weighted by Gasteiger charge is -1.95. The minimum atomic E-state index is -0.987. The molecule has 0 bridgehead atoms. The standard InChI is InChI=1S/C9H8N4O4S/c14-5(15)1-13-4-12-7-8(13)10-3-11-9(7)18-2-6(16)17/h3-4H,1-2H2,(H2,14,15,16,17)/p+1. The van der Waals surface area contributed by atoms with Crippen LogP contribution in [0.1, 0.15) is 0 Å². The van der Waals surface area contributed by atoms with Crippen LogP contribution in [0.15, 0.2) is 17.7 Å². The number of carboxylic acids is 2. The van der Waals surface area contributed by atoms with Crippen LogP contribution >= 0.6 is 11.8 Å². The van der Waals surface area contributed by atoms with Gasteiger partial charge in [0.1, 0.15) is 5.03 Å². The Morgan fingerprint density at radius 3 is 2.78 bits per heavy atom. The number of hydrogen-bond acceptors (Lipinski definition) is 5. The van der Waals surface area contributed by atoms with Gasteiger partial charge in [-0.25, -0.2) is 14.3 Å². The van der Waals surface area contributed by atoms with Crippen molar-refractivity contribution >= 4 is 34.9 Å². The van der Waals surface area contributed by atoms with Crippen molar-refractivity contribution in [3.63, 3.8) is 0 Å². The smallest absolute Gasteiger partial charge is 0.338 e. The monoisotopic (exact) mass is 269 g/mol. The normalized spacial score (nSPS) is 10.7. The molecule has 0 aliphatic rings. The molecule has 0 saturated heterocycles. The largest absolute Gasteiger partial charge is 0.481 e. The lowest BCUT2D eigenvalue weighted by Crippen LogP contribution is -2.36. The minimum Gasteiger partial charge on any atom is -0.481 e. The molecule has 0 radical (unpaired) electrons. The highest BCUT2D eigenvalue weighted by atomic mass is 32.2. The molecule has 9 heteroatoms. The average molecular weight is 269 g/mol. The van der Waals surface area contributed by atoms with Gasteiger partial charge in [0.05, 0.1) is 5.75 Å². The maximum atomic E-state index is 10.6. The molecule has 0 spiro atoms. The fourth-order valence-electron chi connectivity index (χ4n) is 1.41. The Balaban J connectivity index is 2.35. The quantitative estimate of drug-likeness (QED) is 0.380. The number of imidazole rings is 1. The number of thioether (sulfide) groups is 1. The number of aromatic nitrogens is 4. The van der Waals surface area contributed by atoms with Crippen molar-refractivity contribution in [1.29, 1.82) is 0 Å². The molecule has 8 nitrogen and oxygen atoms in total. The third-order valence-corrected chi connectivity index (χ3v) is 3.04. The zero-order chi connectivity index (χ0) is 13.1. The van der Waals surface area contributed by atoms with Crippen LogP contribution in [0.2, 0.25) is 0 Å². The van der Waals surface area contributed by atoms with Gasteiger partial charge in [0, 0.05) is 0 Å². The van der Waals surface area contributed by atoms with E-state index in [2.05, 4.69) is 15.0 Å². The van der Waals surface area contributed by atoms with Gasteiger partial charge in [-0.05, 0) is 0 Å². The van der Waals surface area contributed by atoms with E-state index in [1.54, 1.807) is 0 Å². The molecule has 2 rings (SSSR count). The van der Waals surface area contributed by atoms with Crippen molar-refractivity contribution in [3.05, 3.63) is 12.7 Å². The van der Waals surface area contributed by atoms with Crippen molar-refractivity contribution in [1.82, 2.24) is 15.0 Å². The van der Waals surface area contributed by atoms with Crippen molar-refractivity contribution in [2.45, 2.75) is 11.6 Å². The predicted molar refractivity (Wildman–Crippen MR) is 60.1 cm³/mol. The first-order chi connectivity index (χ1) is 8.58. The third kappa shape index (κ3) is 2.56. The van der Waals surface area contributed by atoms with Gasteiger partial charge in [-0.3, -0.25) is 9.78 Å². The van der Waals surface area contributed by atoms with Crippen LogP contribution in [0, 0.1) is 0 Å². The van der Waals surface area contributed by atoms with Crippen molar-refractivity contribution in [3.8, 4) is 0 Å². The van der Waals surface area contributed by atoms with Gasteiger partial charge in [-0.15, -0.1) is 0 Å². The number of nitrogens with one attached hydrogen (secondary N) is 1. The molecular formula is C9H9N4O4S+. The maximum absolute atomic E-state index is 10.6. The third-order valence-electron chi connectivity index (χ3n) is 2.07. The number of carbonyl (C=O) groups is 2. The zero-order valence-electron chi connectivity index (χ0n) is 9.03. The topological polar surface area (TPSA) is 120 Å². The number of aliphatic carboxylic acids is 2. The molecule has 0 aliphatic heterocycles. The second kappa shape index (κ2) is 5.00. The number of rotatable bonds is 5. The van der Waals surface area contributed by atoms with Crippen LogP contribution in [0.5, 0.6) is 0 Å². The van der Waals surface area contributed by atoms with Crippen molar-refractivity contribution < 1.29 is 24.4 Å². The summed E-state index contributed by atoms with van der Waals surface area (Å²) in [6.07, 6.45) is 2.75. The first-order valence-corrected chi connectivity index (χ1v) is 5.84. The van der Waals surface area contributed by atoms with Crippen LogP contribution in [-0.2, 0) is 16.1 Å². The van der Waals surface area contributed by atoms with Crippen LogP contribution in [0.4, 0.5) is 0 Å². The van der Waals surface area contributed by atoms with Crippen LogP contribution in [0.3, 0.4) is 0 Å². The zero-order valence-corrected chi connectivity index (χ0v) is 9.85. The van der Waals surface area contributed by atoms with E-state index in [9.17, 15) is 9.59 Å². The molecule has 3 N–H and O–H groups in total. The van der Waals surface area contributed by atoms with E-state index in [1.807, 2.05) is 0 Å². The molecular weight excluding hydrogens is 260 g/mol. The molecule has 18 heavy (non-hydrogen) atoms. The number of hydrogen-bond donors (Lipinski definition) is 3. The molecule has 2 aromatic rings. The minimum absolute atomic E-state index is 0.121. The lowest BCUT2D eigenvalue weighted by atomic mass is 10.5. The van der Waals surface area contributed by atoms with Gasteiger partial charge >= 0.3 is 17.6 Å². The highest BCUT2D eigenvalue weighted by molar-refractivity contribution is 8.00. The molecule has 94 valence electrons. The Labute approximate surface area is 105 Å². The maximum Gasteiger partial charge on any atom is 0.338 e. The van der Waals surface area contributed by atoms with Gasteiger partial charge < -0.3 is 10.2 Å². The average Bonchev–Trinajstić information content (AvgIpc) is 2.69. The first kappa shape index (κ1) is 12.3. The first-order valence-electron chi connectivity index (χ1n) is 4.86. The van der Waals surface area contributed by atoms with E-state index in [-0.39, 0.29) is 12.3 Å². The Morgan fingerprint density at radius 1 is 1.33 bits per heavy atom. The summed E-state index contributed by atoms with van der Waals surface area (Å²) in [5, 5.41) is 17.8. The summed E-state index contributed by atoms with van der Waals surface area (Å²) in [7, 11) is 0. The summed E-state index contributed by atoms with van der Waals surface area (Å²) >= 11 is 1.05.